The maximum Gasteiger partial charge on any atom is 0.121 e. The van der Waals surface area contributed by atoms with Crippen LogP contribution in [-0.4, -0.2) is 42.9 Å². The summed E-state index contributed by atoms with van der Waals surface area (Å²) in [6.07, 6.45) is 14.8. The average Bonchev–Trinajstić information content (AvgIpc) is 3.14. The highest BCUT2D eigenvalue weighted by Gasteiger charge is 2.17. The van der Waals surface area contributed by atoms with Gasteiger partial charge in [0.25, 0.3) is 0 Å². The number of nitrogens with two attached hydrogens (primary N) is 1. The molecular weight excluding hydrogens is 328 g/mol. The lowest BCUT2D eigenvalue weighted by atomic mass is 9.98. The second kappa shape index (κ2) is 11.3. The van der Waals surface area contributed by atoms with Crippen molar-refractivity contribution in [1.82, 2.24) is 0 Å². The van der Waals surface area contributed by atoms with Crippen LogP contribution in [-0.2, 0) is 9.47 Å². The number of nitrogens with zero attached hydrogens (tertiary/aromatic N) is 1. The molecule has 5 heteroatoms. The van der Waals surface area contributed by atoms with Crippen molar-refractivity contribution in [3.8, 4) is 0 Å². The first-order valence-electron chi connectivity index (χ1n) is 9.87. The minimum Gasteiger partial charge on any atom is -0.493 e. The van der Waals surface area contributed by atoms with Gasteiger partial charge < -0.3 is 20.3 Å². The predicted molar refractivity (Wildman–Crippen MR) is 106 cm³/mol. The molecule has 2 aliphatic carbocycles. The van der Waals surface area contributed by atoms with Gasteiger partial charge in [-0.1, -0.05) is 25.3 Å². The number of aliphatic hydroxyl groups excluding tert-OH is 1. The van der Waals surface area contributed by atoms with Crippen molar-refractivity contribution in [2.45, 2.75) is 64.6 Å². The van der Waals surface area contributed by atoms with Crippen molar-refractivity contribution in [3.63, 3.8) is 0 Å². The molecule has 1 saturated heterocycles. The molecule has 1 heterocycles. The van der Waals surface area contributed by atoms with E-state index in [1.54, 1.807) is 0 Å². The molecule has 2 atom stereocenters. The first-order chi connectivity index (χ1) is 12.6. The van der Waals surface area contributed by atoms with E-state index in [1.807, 2.05) is 38.2 Å². The summed E-state index contributed by atoms with van der Waals surface area (Å²) in [4.78, 5) is 4.41. The van der Waals surface area contributed by atoms with E-state index in [1.165, 1.54) is 19.3 Å². The van der Waals surface area contributed by atoms with Gasteiger partial charge in [-0.05, 0) is 50.8 Å². The maximum atomic E-state index is 8.91. The largest absolute Gasteiger partial charge is 0.493 e. The number of allylic oxidation sites excluding steroid dienone is 5. The molecule has 0 aromatic heterocycles. The van der Waals surface area contributed by atoms with Crippen LogP contribution in [0.3, 0.4) is 0 Å². The molecule has 0 aromatic carbocycles. The third-order valence-electron chi connectivity index (χ3n) is 4.74. The van der Waals surface area contributed by atoms with Crippen LogP contribution in [0.4, 0.5) is 0 Å². The molecule has 0 amide bonds. The van der Waals surface area contributed by atoms with Gasteiger partial charge in [0, 0.05) is 18.6 Å². The van der Waals surface area contributed by atoms with Crippen molar-refractivity contribution in [3.05, 3.63) is 35.6 Å². The lowest BCUT2D eigenvalue weighted by Crippen LogP contribution is -2.17. The summed E-state index contributed by atoms with van der Waals surface area (Å²) < 4.78 is 11.2. The first-order valence-corrected chi connectivity index (χ1v) is 9.87. The second-order valence-corrected chi connectivity index (χ2v) is 7.21. The van der Waals surface area contributed by atoms with Gasteiger partial charge in [0.2, 0.25) is 0 Å². The molecule has 0 aromatic rings. The fourth-order valence-corrected chi connectivity index (χ4v) is 3.20. The molecule has 0 bridgehead atoms. The predicted octanol–water partition coefficient (Wildman–Crippen LogP) is 3.50. The molecular formula is C21H34N2O3. The smallest absolute Gasteiger partial charge is 0.121 e. The third-order valence-corrected chi connectivity index (χ3v) is 4.74. The summed E-state index contributed by atoms with van der Waals surface area (Å²) in [7, 11) is 0. The Hall–Kier alpha value is -1.43. The van der Waals surface area contributed by atoms with Gasteiger partial charge in [-0.3, -0.25) is 4.99 Å². The second-order valence-electron chi connectivity index (χ2n) is 7.21. The number of aliphatic imine (C=N–C) groups is 1. The highest BCUT2D eigenvalue weighted by molar-refractivity contribution is 6.11. The van der Waals surface area contributed by atoms with Gasteiger partial charge in [0.05, 0.1) is 31.2 Å². The van der Waals surface area contributed by atoms with Crippen molar-refractivity contribution >= 4 is 5.71 Å². The monoisotopic (exact) mass is 362 g/mol. The normalized spacial score (nSPS) is 27.8. The van der Waals surface area contributed by atoms with Crippen LogP contribution in [0.25, 0.3) is 0 Å². The summed E-state index contributed by atoms with van der Waals surface area (Å²) in [5, 5.41) is 8.91. The number of rotatable bonds is 4. The van der Waals surface area contributed by atoms with Crippen molar-refractivity contribution in [2.24, 2.45) is 16.6 Å². The van der Waals surface area contributed by atoms with Gasteiger partial charge in [-0.25, -0.2) is 0 Å². The van der Waals surface area contributed by atoms with E-state index in [2.05, 4.69) is 4.99 Å². The van der Waals surface area contributed by atoms with E-state index in [-0.39, 0.29) is 12.3 Å². The van der Waals surface area contributed by atoms with Crippen molar-refractivity contribution in [2.75, 3.05) is 19.8 Å². The molecule has 0 spiro atoms. The molecule has 5 nitrogen and oxygen atoms in total. The van der Waals surface area contributed by atoms with E-state index >= 15 is 0 Å². The number of aliphatic hydroxyl groups is 1. The Kier molecular flexibility index (Phi) is 9.09. The van der Waals surface area contributed by atoms with Crippen LogP contribution in [0.15, 0.2) is 40.6 Å². The van der Waals surface area contributed by atoms with Crippen molar-refractivity contribution in [1.29, 1.82) is 0 Å². The molecule has 0 radical (unpaired) electrons. The van der Waals surface area contributed by atoms with Crippen LogP contribution < -0.4 is 5.73 Å². The van der Waals surface area contributed by atoms with Crippen LogP contribution in [0.5, 0.6) is 0 Å². The fourth-order valence-electron chi connectivity index (χ4n) is 3.20. The summed E-state index contributed by atoms with van der Waals surface area (Å²) in [5.74, 6) is 1.35. The van der Waals surface area contributed by atoms with Gasteiger partial charge in [-0.15, -0.1) is 0 Å². The number of hydrogen-bond acceptors (Lipinski definition) is 5. The van der Waals surface area contributed by atoms with Crippen LogP contribution in [0, 0.1) is 5.92 Å². The average molecular weight is 363 g/mol. The fraction of sp³-hybridized carbons (Fsp3) is 0.667. The Morgan fingerprint density at radius 1 is 1.31 bits per heavy atom. The Balaban J connectivity index is 0.000000290. The highest BCUT2D eigenvalue weighted by Crippen LogP contribution is 2.19. The van der Waals surface area contributed by atoms with E-state index in [0.717, 1.165) is 49.5 Å². The van der Waals surface area contributed by atoms with Gasteiger partial charge in [-0.2, -0.15) is 0 Å². The molecule has 3 N–H and O–H groups in total. The SMILES string of the molecule is C/C=C1/C=CC(OCC2CCOC2)=C/C1=N/C(C)N.OC1CCCCC1. The van der Waals surface area contributed by atoms with Crippen molar-refractivity contribution < 1.29 is 14.6 Å². The maximum absolute atomic E-state index is 8.91. The zero-order valence-electron chi connectivity index (χ0n) is 16.2. The third kappa shape index (κ3) is 7.44. The summed E-state index contributed by atoms with van der Waals surface area (Å²) >= 11 is 0. The zero-order chi connectivity index (χ0) is 18.8. The standard InChI is InChI=1S/C15H22N2O2.C6H12O/c1-3-13-4-5-14(8-15(13)17-11(2)16)19-10-12-6-7-18-9-12;7-6-4-2-1-3-5-6/h3-5,8,11-12H,6-7,9-10,16H2,1-2H3;6-7H,1-5H2/b13-3-,17-15-;. The molecule has 1 saturated carbocycles. The summed E-state index contributed by atoms with van der Waals surface area (Å²) in [6.45, 7) is 6.21. The Morgan fingerprint density at radius 3 is 2.62 bits per heavy atom. The highest BCUT2D eigenvalue weighted by atomic mass is 16.5. The molecule has 146 valence electrons. The molecule has 3 aliphatic rings. The van der Waals surface area contributed by atoms with Crippen LogP contribution >= 0.6 is 0 Å². The summed E-state index contributed by atoms with van der Waals surface area (Å²) in [6, 6.07) is 0. The molecule has 2 fully saturated rings. The first kappa shape index (κ1) is 20.9. The van der Waals surface area contributed by atoms with E-state index < -0.39 is 0 Å². The Morgan fingerprint density at radius 2 is 2.08 bits per heavy atom. The number of ether oxygens (including phenoxy) is 2. The van der Waals surface area contributed by atoms with E-state index in [4.69, 9.17) is 20.3 Å². The Labute approximate surface area is 157 Å². The molecule has 1 aliphatic heterocycles. The van der Waals surface area contributed by atoms with Crippen LogP contribution in [0.1, 0.15) is 52.4 Å². The lowest BCUT2D eigenvalue weighted by molar-refractivity contribution is 0.130. The Bertz CT molecular complexity index is 537. The van der Waals surface area contributed by atoms with Gasteiger partial charge >= 0.3 is 0 Å². The molecule has 26 heavy (non-hydrogen) atoms. The lowest BCUT2D eigenvalue weighted by Gasteiger charge is -2.16. The van der Waals surface area contributed by atoms with E-state index in [9.17, 15) is 0 Å². The van der Waals surface area contributed by atoms with E-state index in [0.29, 0.717) is 12.5 Å². The minimum absolute atomic E-state index is 0.0359. The zero-order valence-corrected chi connectivity index (χ0v) is 16.2. The molecule has 2 unspecified atom stereocenters. The minimum atomic E-state index is -0.211. The van der Waals surface area contributed by atoms with Crippen LogP contribution in [0.2, 0.25) is 0 Å². The van der Waals surface area contributed by atoms with Gasteiger partial charge in [0.1, 0.15) is 5.76 Å². The topological polar surface area (TPSA) is 77.1 Å². The van der Waals surface area contributed by atoms with Gasteiger partial charge in [0.15, 0.2) is 0 Å². The summed E-state index contributed by atoms with van der Waals surface area (Å²) in [5.41, 5.74) is 7.70. The molecule has 3 rings (SSSR count). The number of hydrogen-bond donors (Lipinski definition) is 2. The quantitative estimate of drug-likeness (QED) is 0.802.